The third kappa shape index (κ3) is 5.31. The Bertz CT molecular complexity index is 790. The summed E-state index contributed by atoms with van der Waals surface area (Å²) in [5, 5.41) is 3.00. The molecule has 2 aromatic rings. The molecule has 0 saturated carbocycles. The van der Waals surface area contributed by atoms with Gasteiger partial charge in [0.05, 0.1) is 6.10 Å². The summed E-state index contributed by atoms with van der Waals surface area (Å²) in [6, 6.07) is 13.7. The number of urea groups is 1. The van der Waals surface area contributed by atoms with Gasteiger partial charge in [0.15, 0.2) is 11.5 Å². The summed E-state index contributed by atoms with van der Waals surface area (Å²) in [4.78, 5) is 14.3. The van der Waals surface area contributed by atoms with Gasteiger partial charge in [-0.2, -0.15) is 0 Å². The van der Waals surface area contributed by atoms with Crippen molar-refractivity contribution in [2.45, 2.75) is 39.8 Å². The number of carbonyl (C=O) groups excluding carboxylic acids is 1. The van der Waals surface area contributed by atoms with Crippen LogP contribution >= 0.6 is 0 Å². The van der Waals surface area contributed by atoms with E-state index in [-0.39, 0.29) is 18.9 Å². The number of carbonyl (C=O) groups is 1. The van der Waals surface area contributed by atoms with E-state index >= 15 is 0 Å². The maximum atomic E-state index is 12.5. The van der Waals surface area contributed by atoms with Gasteiger partial charge in [0.2, 0.25) is 6.79 Å². The zero-order valence-electron chi connectivity index (χ0n) is 16.7. The summed E-state index contributed by atoms with van der Waals surface area (Å²) < 4.78 is 16.4. The molecule has 0 spiro atoms. The topological polar surface area (TPSA) is 60.0 Å². The van der Waals surface area contributed by atoms with Crippen LogP contribution in [0, 0.1) is 0 Å². The van der Waals surface area contributed by atoms with Crippen LogP contribution in [0.1, 0.15) is 31.9 Å². The highest BCUT2D eigenvalue weighted by atomic mass is 16.7. The predicted octanol–water partition coefficient (Wildman–Crippen LogP) is 3.98. The molecule has 0 aromatic heterocycles. The summed E-state index contributed by atoms with van der Waals surface area (Å²) in [5.74, 6) is 2.35. The first-order valence-electron chi connectivity index (χ1n) is 9.72. The highest BCUT2D eigenvalue weighted by Crippen LogP contribution is 2.32. The average molecular weight is 384 g/mol. The zero-order valence-corrected chi connectivity index (χ0v) is 16.7. The van der Waals surface area contributed by atoms with Crippen molar-refractivity contribution < 1.29 is 19.0 Å². The molecule has 0 radical (unpaired) electrons. The largest absolute Gasteiger partial charge is 0.491 e. The molecule has 1 N–H and O–H groups in total. The zero-order chi connectivity index (χ0) is 19.9. The Balaban J connectivity index is 1.47. The molecule has 2 amide bonds. The van der Waals surface area contributed by atoms with Gasteiger partial charge in [-0.25, -0.2) is 4.79 Å². The fourth-order valence-electron chi connectivity index (χ4n) is 3.02. The first-order valence-corrected chi connectivity index (χ1v) is 9.72. The first-order chi connectivity index (χ1) is 13.5. The Morgan fingerprint density at radius 3 is 2.54 bits per heavy atom. The molecule has 0 atom stereocenters. The molecule has 6 heteroatoms. The van der Waals surface area contributed by atoms with E-state index in [1.807, 2.05) is 63.2 Å². The normalized spacial score (nSPS) is 12.1. The van der Waals surface area contributed by atoms with Crippen molar-refractivity contribution in [3.8, 4) is 17.2 Å². The minimum atomic E-state index is -0.0695. The van der Waals surface area contributed by atoms with E-state index in [9.17, 15) is 4.79 Å². The minimum absolute atomic E-state index is 0.0695. The van der Waals surface area contributed by atoms with Gasteiger partial charge in [-0.1, -0.05) is 18.2 Å². The molecular weight excluding hydrogens is 356 g/mol. The lowest BCUT2D eigenvalue weighted by Crippen LogP contribution is -2.40. The quantitative estimate of drug-likeness (QED) is 0.748. The maximum Gasteiger partial charge on any atom is 0.317 e. The number of amides is 2. The lowest BCUT2D eigenvalue weighted by molar-refractivity contribution is 0.173. The molecule has 0 unspecified atom stereocenters. The van der Waals surface area contributed by atoms with Gasteiger partial charge >= 0.3 is 6.03 Å². The van der Waals surface area contributed by atoms with Crippen LogP contribution in [0.3, 0.4) is 0 Å². The van der Waals surface area contributed by atoms with E-state index < -0.39 is 0 Å². The molecule has 1 heterocycles. The smallest absolute Gasteiger partial charge is 0.317 e. The van der Waals surface area contributed by atoms with Crippen molar-refractivity contribution >= 4 is 6.03 Å². The highest BCUT2D eigenvalue weighted by Gasteiger charge is 2.16. The van der Waals surface area contributed by atoms with E-state index in [0.717, 1.165) is 34.8 Å². The molecule has 6 nitrogen and oxygen atoms in total. The van der Waals surface area contributed by atoms with Crippen molar-refractivity contribution in [2.75, 3.05) is 19.9 Å². The third-order valence-electron chi connectivity index (χ3n) is 4.46. The molecule has 0 bridgehead atoms. The van der Waals surface area contributed by atoms with Gasteiger partial charge in [-0.05, 0) is 62.6 Å². The second kappa shape index (κ2) is 9.35. The molecule has 150 valence electrons. The molecule has 3 rings (SSSR count). The number of nitrogens with one attached hydrogen (secondary N) is 1. The number of hydrogen-bond acceptors (Lipinski definition) is 4. The Morgan fingerprint density at radius 1 is 1.11 bits per heavy atom. The monoisotopic (exact) mass is 384 g/mol. The second-order valence-corrected chi connectivity index (χ2v) is 6.99. The summed E-state index contributed by atoms with van der Waals surface area (Å²) in [6.07, 6.45) is 0.935. The van der Waals surface area contributed by atoms with Crippen LogP contribution < -0.4 is 19.5 Å². The van der Waals surface area contributed by atoms with Crippen LogP contribution in [0.5, 0.6) is 17.2 Å². The van der Waals surface area contributed by atoms with Crippen molar-refractivity contribution in [3.63, 3.8) is 0 Å². The summed E-state index contributed by atoms with van der Waals surface area (Å²) >= 11 is 0. The predicted molar refractivity (Wildman–Crippen MR) is 108 cm³/mol. The lowest BCUT2D eigenvalue weighted by atomic mass is 10.1. The molecule has 28 heavy (non-hydrogen) atoms. The van der Waals surface area contributed by atoms with Crippen molar-refractivity contribution in [1.82, 2.24) is 10.2 Å². The van der Waals surface area contributed by atoms with Crippen LogP contribution in [0.25, 0.3) is 0 Å². The minimum Gasteiger partial charge on any atom is -0.491 e. The lowest BCUT2D eigenvalue weighted by Gasteiger charge is -2.21. The second-order valence-electron chi connectivity index (χ2n) is 6.99. The molecule has 0 fully saturated rings. The number of benzene rings is 2. The Hall–Kier alpha value is -2.89. The van der Waals surface area contributed by atoms with E-state index in [0.29, 0.717) is 19.6 Å². The Labute approximate surface area is 166 Å². The van der Waals surface area contributed by atoms with Gasteiger partial charge in [-0.3, -0.25) is 0 Å². The fraction of sp³-hybridized carbons (Fsp3) is 0.409. The van der Waals surface area contributed by atoms with E-state index in [2.05, 4.69) is 5.32 Å². The number of ether oxygens (including phenoxy) is 3. The van der Waals surface area contributed by atoms with Crippen LogP contribution in [0.15, 0.2) is 42.5 Å². The molecule has 1 aliphatic rings. The van der Waals surface area contributed by atoms with Crippen molar-refractivity contribution in [1.29, 1.82) is 0 Å². The Morgan fingerprint density at radius 2 is 1.82 bits per heavy atom. The Kier molecular flexibility index (Phi) is 6.63. The summed E-state index contributed by atoms with van der Waals surface area (Å²) in [7, 11) is 0. The number of nitrogens with zero attached hydrogens (tertiary/aromatic N) is 1. The summed E-state index contributed by atoms with van der Waals surface area (Å²) in [6.45, 7) is 7.98. The van der Waals surface area contributed by atoms with Crippen molar-refractivity contribution in [2.24, 2.45) is 0 Å². The standard InChI is InChI=1S/C22H28N2O4/c1-4-24(14-18-7-10-20-21(13-18)27-15-26-20)22(25)23-12-11-17-5-8-19(9-6-17)28-16(2)3/h5-10,13,16H,4,11-12,14-15H2,1-3H3,(H,23,25). The van der Waals surface area contributed by atoms with Crippen molar-refractivity contribution in [3.05, 3.63) is 53.6 Å². The number of hydrogen-bond donors (Lipinski definition) is 1. The van der Waals surface area contributed by atoms with E-state index in [1.165, 1.54) is 0 Å². The van der Waals surface area contributed by atoms with Gasteiger partial charge in [-0.15, -0.1) is 0 Å². The maximum absolute atomic E-state index is 12.5. The fourth-order valence-corrected chi connectivity index (χ4v) is 3.02. The summed E-state index contributed by atoms with van der Waals surface area (Å²) in [5.41, 5.74) is 2.18. The molecule has 2 aromatic carbocycles. The SMILES string of the molecule is CCN(Cc1ccc2c(c1)OCO2)C(=O)NCCc1ccc(OC(C)C)cc1. The van der Waals surface area contributed by atoms with E-state index in [1.54, 1.807) is 4.90 Å². The first kappa shape index (κ1) is 19.9. The molecule has 1 aliphatic heterocycles. The van der Waals surface area contributed by atoms with Crippen LogP contribution in [-0.2, 0) is 13.0 Å². The number of fused-ring (bicyclic) bond motifs is 1. The average Bonchev–Trinajstić information content (AvgIpc) is 3.14. The van der Waals surface area contributed by atoms with E-state index in [4.69, 9.17) is 14.2 Å². The van der Waals surface area contributed by atoms with Crippen LogP contribution in [-0.4, -0.2) is 36.9 Å². The molecule has 0 saturated heterocycles. The van der Waals surface area contributed by atoms with Gasteiger partial charge < -0.3 is 24.4 Å². The van der Waals surface area contributed by atoms with Gasteiger partial charge in [0.1, 0.15) is 5.75 Å². The third-order valence-corrected chi connectivity index (χ3v) is 4.46. The van der Waals surface area contributed by atoms with Crippen LogP contribution in [0.2, 0.25) is 0 Å². The van der Waals surface area contributed by atoms with Gasteiger partial charge in [0, 0.05) is 19.6 Å². The molecule has 0 aliphatic carbocycles. The number of rotatable bonds is 8. The molecular formula is C22H28N2O4. The van der Waals surface area contributed by atoms with Gasteiger partial charge in [0.25, 0.3) is 0 Å². The van der Waals surface area contributed by atoms with Crippen LogP contribution in [0.4, 0.5) is 4.79 Å². The highest BCUT2D eigenvalue weighted by molar-refractivity contribution is 5.74.